The predicted molar refractivity (Wildman–Crippen MR) is 278 cm³/mol. The summed E-state index contributed by atoms with van der Waals surface area (Å²) in [5.41, 5.74) is 5.38. The van der Waals surface area contributed by atoms with Crippen LogP contribution in [-0.2, 0) is 78.3 Å². The molecule has 82 heavy (non-hydrogen) atoms. The minimum atomic E-state index is -2.13. The van der Waals surface area contributed by atoms with E-state index in [0.29, 0.717) is 0 Å². The highest BCUT2D eigenvalue weighted by Gasteiger charge is 2.38. The van der Waals surface area contributed by atoms with Crippen LogP contribution in [0.5, 0.6) is 5.75 Å². The Morgan fingerprint density at radius 3 is 1.37 bits per heavy atom. The van der Waals surface area contributed by atoms with Crippen LogP contribution in [0.25, 0.3) is 0 Å². The SMILES string of the molecule is CSCC[C@H](NC(=O)[C@H](CCC(=O)O)NC(=O)CNC(=O)CNC(=O)CNC(=O)CN)C(=O)N[C@@H](CC(=O)O)C(=O)N[C@H](C(=O)N[C@H](C(=O)N[C@@H](CO)C(=O)N[C@@H](Cc1ccc(O)cc1)C(=O)N[C@@H](CC(=O)O)C(=O)O)[C@@H](C)O)[C@@H](C)O. The lowest BCUT2D eigenvalue weighted by Crippen LogP contribution is -2.64. The summed E-state index contributed by atoms with van der Waals surface area (Å²) in [6.07, 6.45) is -6.47. The van der Waals surface area contributed by atoms with Gasteiger partial charge in [-0.1, -0.05) is 12.1 Å². The number of nitrogens with two attached hydrogens (primary N) is 1. The van der Waals surface area contributed by atoms with Gasteiger partial charge in [0.25, 0.3) is 0 Å². The van der Waals surface area contributed by atoms with E-state index in [9.17, 15) is 108 Å². The summed E-state index contributed by atoms with van der Waals surface area (Å²) in [6.45, 7) is -1.72. The number of carboxylic acid groups (broad SMARTS) is 4. The minimum absolute atomic E-state index is 0.109. The number of hydrogen-bond donors (Lipinski definition) is 20. The van der Waals surface area contributed by atoms with E-state index in [1.165, 1.54) is 24.3 Å². The van der Waals surface area contributed by atoms with Gasteiger partial charge in [-0.3, -0.25) is 67.1 Å². The molecule has 0 radical (unpaired) electrons. The number of amides is 11. The van der Waals surface area contributed by atoms with Crippen LogP contribution < -0.4 is 64.2 Å². The van der Waals surface area contributed by atoms with Gasteiger partial charge in [-0.25, -0.2) is 4.79 Å². The Kier molecular flexibility index (Phi) is 31.7. The third-order valence-electron chi connectivity index (χ3n) is 11.0. The van der Waals surface area contributed by atoms with Crippen molar-refractivity contribution < 1.29 is 113 Å². The van der Waals surface area contributed by atoms with Gasteiger partial charge >= 0.3 is 23.9 Å². The lowest BCUT2D eigenvalue weighted by atomic mass is 10.0. The number of thioether (sulfide) groups is 1. The van der Waals surface area contributed by atoms with E-state index in [1.54, 1.807) is 6.26 Å². The van der Waals surface area contributed by atoms with E-state index in [2.05, 4.69) is 37.2 Å². The Morgan fingerprint density at radius 2 is 0.890 bits per heavy atom. The molecule has 0 aliphatic carbocycles. The van der Waals surface area contributed by atoms with Crippen molar-refractivity contribution in [2.24, 2.45) is 5.73 Å². The molecule has 10 atom stereocenters. The number of phenols is 1. The average molecular weight is 1190 g/mol. The highest BCUT2D eigenvalue weighted by molar-refractivity contribution is 7.98. The first-order valence-corrected chi connectivity index (χ1v) is 25.9. The largest absolute Gasteiger partial charge is 0.508 e. The zero-order chi connectivity index (χ0) is 62.4. The van der Waals surface area contributed by atoms with Crippen LogP contribution in [0.4, 0.5) is 0 Å². The minimum Gasteiger partial charge on any atom is -0.508 e. The molecule has 0 heterocycles. The van der Waals surface area contributed by atoms with E-state index in [1.807, 2.05) is 21.3 Å². The zero-order valence-corrected chi connectivity index (χ0v) is 45.1. The third kappa shape index (κ3) is 27.4. The van der Waals surface area contributed by atoms with E-state index in [-0.39, 0.29) is 23.5 Å². The molecule has 0 saturated carbocycles. The molecule has 0 aliphatic rings. The van der Waals surface area contributed by atoms with Crippen molar-refractivity contribution >= 4 is 101 Å². The quantitative estimate of drug-likeness (QED) is 0.0292. The average Bonchev–Trinajstić information content (AvgIpc) is 3.47. The molecular weight excluding hydrogens is 1120 g/mol. The molecule has 35 nitrogen and oxygen atoms in total. The number of benzene rings is 1. The number of aliphatic carboxylic acids is 4. The summed E-state index contributed by atoms with van der Waals surface area (Å²) in [5.74, 6) is -19.3. The first-order valence-electron chi connectivity index (χ1n) is 24.5. The molecule has 0 bridgehead atoms. The fourth-order valence-corrected chi connectivity index (χ4v) is 7.18. The maximum Gasteiger partial charge on any atom is 0.326 e. The molecule has 1 rings (SSSR count). The second kappa shape index (κ2) is 36.5. The van der Waals surface area contributed by atoms with Gasteiger partial charge in [0.15, 0.2) is 0 Å². The molecule has 0 unspecified atom stereocenters. The number of carboxylic acids is 4. The summed E-state index contributed by atoms with van der Waals surface area (Å²) in [5, 5.41) is 102. The Morgan fingerprint density at radius 1 is 0.488 bits per heavy atom. The van der Waals surface area contributed by atoms with Gasteiger partial charge in [-0.2, -0.15) is 11.8 Å². The number of hydrogen-bond acceptors (Lipinski definition) is 21. The molecule has 36 heteroatoms. The van der Waals surface area contributed by atoms with Gasteiger partial charge in [0.05, 0.1) is 57.8 Å². The highest BCUT2D eigenvalue weighted by atomic mass is 32.2. The Hall–Kier alpha value is -8.74. The number of rotatable bonds is 38. The van der Waals surface area contributed by atoms with Crippen LogP contribution >= 0.6 is 11.8 Å². The standard InChI is InChI=1S/C46H68N12O23S/c1-20(60)37(44(78)56-29(19-59)43(77)53-26(12-22-4-6-23(62)7-5-22)41(75)55-28(46(80)81)14-36(71)72)58-45(79)38(21(2)61)57-42(76)27(13-35(69)70)54-40(74)25(10-11-82-3)52-39(73)24(8-9-34(67)68)51-33(66)18-50-32(65)17-49-31(64)16-48-30(63)15-47/h4-7,20-21,24-29,37-38,59-62H,8-19,47H2,1-3H3,(H,48,63)(H,49,64)(H,50,65)(H,51,66)(H,52,73)(H,53,77)(H,54,74)(H,55,75)(H,56,78)(H,57,76)(H,58,79)(H,67,68)(H,69,70)(H,71,72)(H,80,81)/t20-,21-,24+,25+,26+,27+,28+,29+,37+,38+/m1/s1. The number of carbonyl (C=O) groups is 15. The lowest BCUT2D eigenvalue weighted by Gasteiger charge is -2.29. The molecular formula is C46H68N12O23S. The van der Waals surface area contributed by atoms with Gasteiger partial charge in [-0.15, -0.1) is 0 Å². The molecule has 0 fully saturated rings. The maximum absolute atomic E-state index is 13.8. The lowest BCUT2D eigenvalue weighted by molar-refractivity contribution is -0.147. The molecule has 456 valence electrons. The number of nitrogens with one attached hydrogen (secondary N) is 11. The smallest absolute Gasteiger partial charge is 0.326 e. The number of aliphatic hydroxyl groups excluding tert-OH is 3. The fourth-order valence-electron chi connectivity index (χ4n) is 6.71. The number of carbonyl (C=O) groups excluding carboxylic acids is 11. The molecule has 0 saturated heterocycles. The van der Waals surface area contributed by atoms with Crippen LogP contribution in [0.1, 0.15) is 51.5 Å². The molecule has 0 spiro atoms. The summed E-state index contributed by atoms with van der Waals surface area (Å²) in [7, 11) is 0. The monoisotopic (exact) mass is 1190 g/mol. The third-order valence-corrected chi connectivity index (χ3v) is 11.7. The summed E-state index contributed by atoms with van der Waals surface area (Å²) >= 11 is 1.15. The zero-order valence-electron chi connectivity index (χ0n) is 44.3. The Labute approximate surface area is 469 Å². The Balaban J connectivity index is 3.30. The van der Waals surface area contributed by atoms with Crippen molar-refractivity contribution in [1.29, 1.82) is 0 Å². The van der Waals surface area contributed by atoms with Crippen molar-refractivity contribution in [3.63, 3.8) is 0 Å². The Bertz CT molecular complexity index is 2470. The molecule has 11 amide bonds. The van der Waals surface area contributed by atoms with Crippen LogP contribution in [0, 0.1) is 0 Å². The van der Waals surface area contributed by atoms with Gasteiger partial charge in [0, 0.05) is 12.8 Å². The summed E-state index contributed by atoms with van der Waals surface area (Å²) in [6, 6.07) is -10.4. The summed E-state index contributed by atoms with van der Waals surface area (Å²) in [4.78, 5) is 189. The number of aromatic hydroxyl groups is 1. The molecule has 0 aliphatic heterocycles. The van der Waals surface area contributed by atoms with Gasteiger partial charge in [0.1, 0.15) is 54.1 Å². The van der Waals surface area contributed by atoms with Crippen LogP contribution in [0.2, 0.25) is 0 Å². The summed E-state index contributed by atoms with van der Waals surface area (Å²) < 4.78 is 0. The van der Waals surface area contributed by atoms with Crippen molar-refractivity contribution in [3.8, 4) is 5.75 Å². The number of phenolic OH excluding ortho intramolecular Hbond substituents is 1. The first-order chi connectivity index (χ1) is 38.4. The fraction of sp³-hybridized carbons (Fsp3) is 0.543. The molecule has 1 aromatic carbocycles. The van der Waals surface area contributed by atoms with E-state index in [4.69, 9.17) is 10.8 Å². The van der Waals surface area contributed by atoms with Crippen molar-refractivity contribution in [1.82, 2.24) is 58.5 Å². The molecule has 0 aromatic heterocycles. The van der Waals surface area contributed by atoms with Crippen molar-refractivity contribution in [3.05, 3.63) is 29.8 Å². The van der Waals surface area contributed by atoms with Crippen molar-refractivity contribution in [2.45, 2.75) is 113 Å². The van der Waals surface area contributed by atoms with Crippen LogP contribution in [-0.4, -0.2) is 235 Å². The van der Waals surface area contributed by atoms with E-state index >= 15 is 0 Å². The van der Waals surface area contributed by atoms with Crippen LogP contribution in [0.3, 0.4) is 0 Å². The normalized spacial score (nSPS) is 14.4. The van der Waals surface area contributed by atoms with Gasteiger partial charge in [0.2, 0.25) is 65.0 Å². The second-order valence-electron chi connectivity index (χ2n) is 17.7. The maximum atomic E-state index is 13.8. The molecule has 1 aromatic rings. The van der Waals surface area contributed by atoms with Crippen molar-refractivity contribution in [2.75, 3.05) is 44.8 Å². The van der Waals surface area contributed by atoms with E-state index < -0.39 is 214 Å². The highest BCUT2D eigenvalue weighted by Crippen LogP contribution is 2.13. The number of aliphatic hydroxyl groups is 3. The topological polar surface area (TPSA) is 576 Å². The van der Waals surface area contributed by atoms with Gasteiger partial charge in [-0.05, 0) is 56.4 Å². The van der Waals surface area contributed by atoms with E-state index in [0.717, 1.165) is 25.6 Å². The predicted octanol–water partition coefficient (Wildman–Crippen LogP) is -9.47. The van der Waals surface area contributed by atoms with Gasteiger partial charge < -0.3 is 105 Å². The molecule has 21 N–H and O–H groups in total. The van der Waals surface area contributed by atoms with Crippen LogP contribution in [0.15, 0.2) is 24.3 Å². The second-order valence-corrected chi connectivity index (χ2v) is 18.7. The first kappa shape index (κ1) is 71.3.